The quantitative estimate of drug-likeness (QED) is 0.726. The number of hydrogen-bond acceptors (Lipinski definition) is 2. The van der Waals surface area contributed by atoms with E-state index in [2.05, 4.69) is 30.9 Å². The highest BCUT2D eigenvalue weighted by atomic mass is 16.2. The van der Waals surface area contributed by atoms with Crippen LogP contribution in [0.3, 0.4) is 0 Å². The molecule has 0 saturated carbocycles. The Bertz CT molecular complexity index is 540. The van der Waals surface area contributed by atoms with Gasteiger partial charge in [0.1, 0.15) is 0 Å². The van der Waals surface area contributed by atoms with Gasteiger partial charge in [0.25, 0.3) is 0 Å². The molecule has 1 aromatic rings. The number of nitrogens with zero attached hydrogens (tertiary/aromatic N) is 1. The van der Waals surface area contributed by atoms with Gasteiger partial charge in [-0.1, -0.05) is 19.9 Å². The summed E-state index contributed by atoms with van der Waals surface area (Å²) < 4.78 is 0. The van der Waals surface area contributed by atoms with Crippen molar-refractivity contribution in [3.63, 3.8) is 0 Å². The second-order valence-electron chi connectivity index (χ2n) is 6.36. The summed E-state index contributed by atoms with van der Waals surface area (Å²) in [4.78, 5) is 13.9. The van der Waals surface area contributed by atoms with Gasteiger partial charge in [0.05, 0.1) is 0 Å². The molecular weight excluding hydrogens is 236 g/mol. The van der Waals surface area contributed by atoms with E-state index >= 15 is 0 Å². The van der Waals surface area contributed by atoms with Gasteiger partial charge in [-0.25, -0.2) is 0 Å². The number of likely N-dealkylation sites (tertiary alicyclic amines) is 1. The number of rotatable bonds is 0. The van der Waals surface area contributed by atoms with E-state index in [1.165, 1.54) is 11.1 Å². The summed E-state index contributed by atoms with van der Waals surface area (Å²) in [7, 11) is 0. The first kappa shape index (κ1) is 12.5. The molecule has 2 N–H and O–H groups in total. The van der Waals surface area contributed by atoms with E-state index in [9.17, 15) is 4.79 Å². The van der Waals surface area contributed by atoms with Crippen molar-refractivity contribution in [1.82, 2.24) is 4.90 Å². The molecule has 1 aromatic carbocycles. The second kappa shape index (κ2) is 3.99. The van der Waals surface area contributed by atoms with Gasteiger partial charge >= 0.3 is 0 Å². The van der Waals surface area contributed by atoms with E-state index in [1.54, 1.807) is 6.92 Å². The summed E-state index contributed by atoms with van der Waals surface area (Å²) in [5.74, 6) is 0.692. The lowest BCUT2D eigenvalue weighted by atomic mass is 9.59. The van der Waals surface area contributed by atoms with Crippen LogP contribution in [0.2, 0.25) is 0 Å². The number of fused-ring (bicyclic) bond motifs is 4. The molecule has 2 aliphatic rings. The monoisotopic (exact) mass is 258 g/mol. The number of hydrogen-bond donors (Lipinski definition) is 1. The molecule has 1 unspecified atom stereocenters. The maximum Gasteiger partial charge on any atom is 0.219 e. The van der Waals surface area contributed by atoms with Gasteiger partial charge in [0.2, 0.25) is 5.91 Å². The first-order chi connectivity index (χ1) is 8.93. The maximum atomic E-state index is 11.8. The number of carbonyl (C=O) groups is 1. The summed E-state index contributed by atoms with van der Waals surface area (Å²) in [6.45, 7) is 7.18. The van der Waals surface area contributed by atoms with Gasteiger partial charge in [-0.3, -0.25) is 4.79 Å². The molecule has 1 aliphatic heterocycles. The minimum atomic E-state index is 0.152. The Morgan fingerprint density at radius 2 is 2.21 bits per heavy atom. The molecule has 1 amide bonds. The lowest BCUT2D eigenvalue weighted by Crippen LogP contribution is -2.59. The third-order valence-corrected chi connectivity index (χ3v) is 5.44. The summed E-state index contributed by atoms with van der Waals surface area (Å²) in [5, 5.41) is 0. The van der Waals surface area contributed by atoms with Crippen LogP contribution in [-0.4, -0.2) is 23.4 Å². The van der Waals surface area contributed by atoms with Crippen LogP contribution in [0.4, 0.5) is 5.69 Å². The molecule has 102 valence electrons. The molecule has 2 bridgehead atoms. The van der Waals surface area contributed by atoms with Crippen molar-refractivity contribution in [3.8, 4) is 0 Å². The number of amides is 1. The fraction of sp³-hybridized carbons (Fsp3) is 0.562. The molecule has 3 heteroatoms. The Hall–Kier alpha value is -1.51. The average Bonchev–Trinajstić information content (AvgIpc) is 2.34. The van der Waals surface area contributed by atoms with Gasteiger partial charge < -0.3 is 10.6 Å². The Labute approximate surface area is 114 Å². The van der Waals surface area contributed by atoms with Crippen molar-refractivity contribution in [2.24, 2.45) is 5.92 Å². The molecule has 19 heavy (non-hydrogen) atoms. The van der Waals surface area contributed by atoms with Gasteiger partial charge in [-0.2, -0.15) is 0 Å². The summed E-state index contributed by atoms with van der Waals surface area (Å²) in [6, 6.07) is 6.61. The molecule has 3 atom stereocenters. The highest BCUT2D eigenvalue weighted by molar-refractivity contribution is 5.74. The lowest BCUT2D eigenvalue weighted by Gasteiger charge is -2.54. The number of carbonyl (C=O) groups excluding carboxylic acids is 1. The number of benzene rings is 1. The first-order valence-electron chi connectivity index (χ1n) is 7.09. The van der Waals surface area contributed by atoms with E-state index in [0.717, 1.165) is 25.1 Å². The van der Waals surface area contributed by atoms with Crippen molar-refractivity contribution in [2.45, 2.75) is 45.1 Å². The minimum Gasteiger partial charge on any atom is -0.399 e. The fourth-order valence-corrected chi connectivity index (χ4v) is 4.03. The largest absolute Gasteiger partial charge is 0.399 e. The molecular formula is C16H22N2O. The minimum absolute atomic E-state index is 0.152. The third-order valence-electron chi connectivity index (χ3n) is 5.44. The Balaban J connectivity index is 2.11. The number of nitrogen functional groups attached to an aromatic ring is 1. The zero-order valence-corrected chi connectivity index (χ0v) is 11.9. The van der Waals surface area contributed by atoms with Crippen molar-refractivity contribution in [1.29, 1.82) is 0 Å². The standard InChI is InChI=1S/C16H22N2O/c1-10-15-8-12-4-5-13(17)9-14(12)16(10,3)6-7-18(15)11(2)19/h4-5,9-10,15H,6-8,17H2,1-3H3/t10?,15-,16-/m1/s1. The zero-order chi connectivity index (χ0) is 13.8. The highest BCUT2D eigenvalue weighted by Gasteiger charge is 2.48. The smallest absolute Gasteiger partial charge is 0.219 e. The van der Waals surface area contributed by atoms with Crippen LogP contribution in [0, 0.1) is 5.92 Å². The first-order valence-corrected chi connectivity index (χ1v) is 7.09. The summed E-state index contributed by atoms with van der Waals surface area (Å²) >= 11 is 0. The van der Waals surface area contributed by atoms with Crippen LogP contribution in [0.5, 0.6) is 0 Å². The van der Waals surface area contributed by atoms with Gasteiger partial charge in [-0.05, 0) is 47.4 Å². The normalized spacial score (nSPS) is 32.9. The lowest BCUT2D eigenvalue weighted by molar-refractivity contribution is -0.136. The molecule has 1 aliphatic carbocycles. The number of piperidine rings is 1. The van der Waals surface area contributed by atoms with Crippen molar-refractivity contribution >= 4 is 11.6 Å². The average molecular weight is 258 g/mol. The van der Waals surface area contributed by atoms with E-state index in [0.29, 0.717) is 12.0 Å². The molecule has 1 saturated heterocycles. The second-order valence-corrected chi connectivity index (χ2v) is 6.36. The molecule has 3 rings (SSSR count). The van der Waals surface area contributed by atoms with Crippen LogP contribution in [0.25, 0.3) is 0 Å². The molecule has 0 spiro atoms. The van der Waals surface area contributed by atoms with Gasteiger partial charge in [-0.15, -0.1) is 0 Å². The van der Waals surface area contributed by atoms with Crippen LogP contribution in [0.15, 0.2) is 18.2 Å². The van der Waals surface area contributed by atoms with Gasteiger partial charge in [0.15, 0.2) is 0 Å². The van der Waals surface area contributed by atoms with E-state index in [-0.39, 0.29) is 11.3 Å². The van der Waals surface area contributed by atoms with Crippen molar-refractivity contribution in [3.05, 3.63) is 29.3 Å². The highest BCUT2D eigenvalue weighted by Crippen LogP contribution is 2.48. The fourth-order valence-electron chi connectivity index (χ4n) is 4.03. The van der Waals surface area contributed by atoms with E-state index in [4.69, 9.17) is 5.73 Å². The number of anilines is 1. The van der Waals surface area contributed by atoms with Crippen LogP contribution < -0.4 is 5.73 Å². The van der Waals surface area contributed by atoms with Crippen molar-refractivity contribution in [2.75, 3.05) is 12.3 Å². The van der Waals surface area contributed by atoms with Crippen LogP contribution in [0.1, 0.15) is 38.3 Å². The maximum absolute atomic E-state index is 11.8. The zero-order valence-electron chi connectivity index (χ0n) is 11.9. The predicted molar refractivity (Wildman–Crippen MR) is 76.9 cm³/mol. The van der Waals surface area contributed by atoms with Crippen LogP contribution >= 0.6 is 0 Å². The molecule has 0 aromatic heterocycles. The molecule has 1 heterocycles. The SMILES string of the molecule is CC(=O)N1CC[C@@]2(C)c3cc(N)ccc3C[C@@H]1C2C. The van der Waals surface area contributed by atoms with Crippen LogP contribution in [-0.2, 0) is 16.6 Å². The van der Waals surface area contributed by atoms with Crippen molar-refractivity contribution < 1.29 is 4.79 Å². The Morgan fingerprint density at radius 3 is 2.89 bits per heavy atom. The van der Waals surface area contributed by atoms with Gasteiger partial charge in [0, 0.05) is 25.2 Å². The van der Waals surface area contributed by atoms with E-state index < -0.39 is 0 Å². The summed E-state index contributed by atoms with van der Waals surface area (Å²) in [6.07, 6.45) is 1.99. The Kier molecular flexibility index (Phi) is 2.63. The summed E-state index contributed by atoms with van der Waals surface area (Å²) in [5.41, 5.74) is 9.73. The van der Waals surface area contributed by atoms with E-state index in [1.807, 2.05) is 6.07 Å². The number of nitrogens with two attached hydrogens (primary N) is 1. The Morgan fingerprint density at radius 1 is 1.47 bits per heavy atom. The third kappa shape index (κ3) is 1.67. The molecule has 1 fully saturated rings. The topological polar surface area (TPSA) is 46.3 Å². The predicted octanol–water partition coefficient (Wildman–Crippen LogP) is 2.34. The molecule has 3 nitrogen and oxygen atoms in total. The molecule has 0 radical (unpaired) electrons.